The molecule has 8 heteroatoms. The number of aromatic nitrogens is 2. The van der Waals surface area contributed by atoms with E-state index in [-0.39, 0.29) is 29.6 Å². The summed E-state index contributed by atoms with van der Waals surface area (Å²) in [5.41, 5.74) is 1.91. The van der Waals surface area contributed by atoms with Crippen molar-refractivity contribution in [2.24, 2.45) is 13.0 Å². The highest BCUT2D eigenvalue weighted by Gasteiger charge is 2.32. The molecule has 0 spiro atoms. The highest BCUT2D eigenvalue weighted by molar-refractivity contribution is 7.98. The van der Waals surface area contributed by atoms with Gasteiger partial charge in [-0.2, -0.15) is 4.98 Å². The zero-order chi connectivity index (χ0) is 23.5. The van der Waals surface area contributed by atoms with Crippen LogP contribution in [0.25, 0.3) is 0 Å². The van der Waals surface area contributed by atoms with Crippen molar-refractivity contribution in [2.45, 2.75) is 37.1 Å². The molecule has 0 fully saturated rings. The number of hydrogen-bond acceptors (Lipinski definition) is 5. The largest absolute Gasteiger partial charge is 0.493 e. The topological polar surface area (TPSA) is 73.2 Å². The third kappa shape index (κ3) is 5.27. The number of rotatable bonds is 7. The molecule has 1 atom stereocenters. The van der Waals surface area contributed by atoms with Gasteiger partial charge >= 0.3 is 0 Å². The van der Waals surface area contributed by atoms with Crippen LogP contribution in [0, 0.1) is 11.7 Å². The van der Waals surface area contributed by atoms with Gasteiger partial charge in [-0.3, -0.25) is 9.59 Å². The van der Waals surface area contributed by atoms with Gasteiger partial charge in [-0.25, -0.2) is 4.39 Å². The second-order valence-corrected chi connectivity index (χ2v) is 9.46. The molecular formula is C25H26FN3O3S. The molecule has 1 unspecified atom stereocenters. The number of ether oxygens (including phenoxy) is 1. The quantitative estimate of drug-likeness (QED) is 0.402. The maximum absolute atomic E-state index is 13.1. The molecule has 1 aliphatic heterocycles. The average Bonchev–Trinajstić information content (AvgIpc) is 2.80. The van der Waals surface area contributed by atoms with Crippen LogP contribution in [0.3, 0.4) is 0 Å². The Hall–Kier alpha value is -3.13. The van der Waals surface area contributed by atoms with Gasteiger partial charge in [0.15, 0.2) is 5.16 Å². The molecule has 2 aromatic carbocycles. The highest BCUT2D eigenvalue weighted by atomic mass is 32.2. The summed E-state index contributed by atoms with van der Waals surface area (Å²) in [6, 6.07) is 13.7. The standard InChI is InChI=1S/C25H26FN3O3S/c1-15(2)13-32-19-10-6-17(7-11-19)20-12-21(30)27-23-22(20)24(31)28-25(29(23)3)33-14-16-4-8-18(26)9-5-16/h4-11,15,20H,12-14H2,1-3H3,(H,27,30). The monoisotopic (exact) mass is 467 g/mol. The second-order valence-electron chi connectivity index (χ2n) is 8.51. The summed E-state index contributed by atoms with van der Waals surface area (Å²) in [6.45, 7) is 4.79. The maximum Gasteiger partial charge on any atom is 0.279 e. The zero-order valence-corrected chi connectivity index (χ0v) is 19.6. The van der Waals surface area contributed by atoms with Crippen LogP contribution in [-0.4, -0.2) is 22.1 Å². The first-order valence-electron chi connectivity index (χ1n) is 10.8. The Bertz CT molecular complexity index is 1210. The predicted molar refractivity (Wildman–Crippen MR) is 127 cm³/mol. The summed E-state index contributed by atoms with van der Waals surface area (Å²) in [4.78, 5) is 29.9. The Labute approximate surface area is 196 Å². The Morgan fingerprint density at radius 1 is 1.15 bits per heavy atom. The van der Waals surface area contributed by atoms with E-state index in [9.17, 15) is 14.0 Å². The first kappa shape index (κ1) is 23.0. The van der Waals surface area contributed by atoms with Crippen LogP contribution in [0.4, 0.5) is 10.2 Å². The Balaban J connectivity index is 1.61. The molecule has 1 amide bonds. The third-order valence-electron chi connectivity index (χ3n) is 5.45. The number of nitrogens with zero attached hydrogens (tertiary/aromatic N) is 2. The fraction of sp³-hybridized carbons (Fsp3) is 0.320. The van der Waals surface area contributed by atoms with Crippen LogP contribution < -0.4 is 15.6 Å². The number of hydrogen-bond donors (Lipinski definition) is 1. The van der Waals surface area contributed by atoms with Crippen molar-refractivity contribution in [3.05, 3.63) is 81.4 Å². The minimum absolute atomic E-state index is 0.150. The fourth-order valence-corrected chi connectivity index (χ4v) is 4.66. The smallest absolute Gasteiger partial charge is 0.279 e. The SMILES string of the molecule is CC(C)COc1ccc(C2CC(=O)Nc3c2c(=O)nc(SCc2ccc(F)cc2)n3C)cc1. The van der Waals surface area contributed by atoms with E-state index >= 15 is 0 Å². The van der Waals surface area contributed by atoms with Gasteiger partial charge in [-0.05, 0) is 41.3 Å². The molecule has 1 aliphatic rings. The van der Waals surface area contributed by atoms with Crippen LogP contribution in [0.15, 0.2) is 58.5 Å². The highest BCUT2D eigenvalue weighted by Crippen LogP contribution is 2.36. The summed E-state index contributed by atoms with van der Waals surface area (Å²) in [5.74, 6) is 1.34. The van der Waals surface area contributed by atoms with Gasteiger partial charge in [-0.1, -0.05) is 49.9 Å². The lowest BCUT2D eigenvalue weighted by molar-refractivity contribution is -0.116. The van der Waals surface area contributed by atoms with Crippen LogP contribution in [0.1, 0.15) is 42.9 Å². The minimum Gasteiger partial charge on any atom is -0.493 e. The summed E-state index contributed by atoms with van der Waals surface area (Å²) in [7, 11) is 1.78. The number of halogens is 1. The number of amides is 1. The number of thioether (sulfide) groups is 1. The molecule has 172 valence electrons. The third-order valence-corrected chi connectivity index (χ3v) is 6.55. The van der Waals surface area contributed by atoms with Crippen molar-refractivity contribution in [1.29, 1.82) is 0 Å². The molecule has 4 rings (SSSR count). The number of carbonyl (C=O) groups is 1. The van der Waals surface area contributed by atoms with Crippen molar-refractivity contribution >= 4 is 23.5 Å². The minimum atomic E-state index is -0.379. The molecule has 3 aromatic rings. The molecule has 0 aliphatic carbocycles. The number of carbonyl (C=O) groups excluding carboxylic acids is 1. The normalized spacial score (nSPS) is 15.3. The van der Waals surface area contributed by atoms with Gasteiger partial charge < -0.3 is 14.6 Å². The van der Waals surface area contributed by atoms with E-state index in [0.717, 1.165) is 16.9 Å². The number of anilines is 1. The van der Waals surface area contributed by atoms with Crippen molar-refractivity contribution < 1.29 is 13.9 Å². The zero-order valence-electron chi connectivity index (χ0n) is 18.8. The van der Waals surface area contributed by atoms with E-state index in [4.69, 9.17) is 4.74 Å². The van der Waals surface area contributed by atoms with Crippen LogP contribution in [0.5, 0.6) is 5.75 Å². The molecular weight excluding hydrogens is 441 g/mol. The lowest BCUT2D eigenvalue weighted by Gasteiger charge is -2.27. The van der Waals surface area contributed by atoms with E-state index in [1.165, 1.54) is 23.9 Å². The van der Waals surface area contributed by atoms with Crippen molar-refractivity contribution in [3.63, 3.8) is 0 Å². The molecule has 0 saturated heterocycles. The predicted octanol–water partition coefficient (Wildman–Crippen LogP) is 4.72. The molecule has 0 saturated carbocycles. The molecule has 2 heterocycles. The number of benzene rings is 2. The summed E-state index contributed by atoms with van der Waals surface area (Å²) in [5, 5.41) is 3.34. The first-order valence-corrected chi connectivity index (χ1v) is 11.8. The Kier molecular flexibility index (Phi) is 6.83. The summed E-state index contributed by atoms with van der Waals surface area (Å²) < 4.78 is 20.6. The fourth-order valence-electron chi connectivity index (χ4n) is 3.74. The Morgan fingerprint density at radius 2 is 1.85 bits per heavy atom. The van der Waals surface area contributed by atoms with Gasteiger partial charge in [0.2, 0.25) is 5.91 Å². The summed E-state index contributed by atoms with van der Waals surface area (Å²) >= 11 is 1.36. The number of nitrogens with one attached hydrogen (secondary N) is 1. The molecule has 6 nitrogen and oxygen atoms in total. The molecule has 0 bridgehead atoms. The lowest BCUT2D eigenvalue weighted by Crippen LogP contribution is -2.33. The van der Waals surface area contributed by atoms with E-state index in [0.29, 0.717) is 34.8 Å². The molecule has 1 N–H and O–H groups in total. The average molecular weight is 468 g/mol. The van der Waals surface area contributed by atoms with Gasteiger partial charge in [0.25, 0.3) is 5.56 Å². The van der Waals surface area contributed by atoms with Crippen molar-refractivity contribution in [3.8, 4) is 5.75 Å². The van der Waals surface area contributed by atoms with Crippen LogP contribution in [-0.2, 0) is 17.6 Å². The Morgan fingerprint density at radius 3 is 2.52 bits per heavy atom. The van der Waals surface area contributed by atoms with Gasteiger partial charge in [0.1, 0.15) is 17.4 Å². The van der Waals surface area contributed by atoms with Gasteiger partial charge in [0, 0.05) is 25.1 Å². The first-order chi connectivity index (χ1) is 15.8. The summed E-state index contributed by atoms with van der Waals surface area (Å²) in [6.07, 6.45) is 0.179. The van der Waals surface area contributed by atoms with Gasteiger partial charge in [-0.15, -0.1) is 0 Å². The van der Waals surface area contributed by atoms with E-state index < -0.39 is 0 Å². The van der Waals surface area contributed by atoms with E-state index in [1.807, 2.05) is 24.3 Å². The maximum atomic E-state index is 13.1. The molecule has 1 aromatic heterocycles. The van der Waals surface area contributed by atoms with Crippen LogP contribution in [0.2, 0.25) is 0 Å². The van der Waals surface area contributed by atoms with Crippen LogP contribution >= 0.6 is 11.8 Å². The second kappa shape index (κ2) is 9.79. The molecule has 33 heavy (non-hydrogen) atoms. The van der Waals surface area contributed by atoms with Gasteiger partial charge in [0.05, 0.1) is 12.2 Å². The van der Waals surface area contributed by atoms with E-state index in [2.05, 4.69) is 24.1 Å². The van der Waals surface area contributed by atoms with E-state index in [1.54, 1.807) is 23.7 Å². The van der Waals surface area contributed by atoms with Crippen molar-refractivity contribution in [1.82, 2.24) is 9.55 Å². The van der Waals surface area contributed by atoms with Crippen molar-refractivity contribution in [2.75, 3.05) is 11.9 Å². The molecule has 0 radical (unpaired) electrons. The number of fused-ring (bicyclic) bond motifs is 1. The lowest BCUT2D eigenvalue weighted by atomic mass is 9.87.